The number of rotatable bonds is 22. The highest BCUT2D eigenvalue weighted by Gasteiger charge is 2.45. The number of esters is 1. The van der Waals surface area contributed by atoms with Crippen LogP contribution in [0.15, 0.2) is 52.8 Å². The molecule has 2 aromatic rings. The number of halogens is 6. The van der Waals surface area contributed by atoms with Crippen LogP contribution in [0.1, 0.15) is 117 Å². The second kappa shape index (κ2) is 44.1. The fourth-order valence-corrected chi connectivity index (χ4v) is 9.94. The van der Waals surface area contributed by atoms with Gasteiger partial charge in [-0.15, -0.1) is 11.3 Å². The molecule has 590 valence electrons. The fraction of sp³-hybridized carbons (Fsp3) is 0.597. The van der Waals surface area contributed by atoms with Crippen LogP contribution in [0.25, 0.3) is 0 Å². The molecule has 2 heterocycles. The lowest BCUT2D eigenvalue weighted by Gasteiger charge is -2.33. The number of primary amides is 1. The van der Waals surface area contributed by atoms with Crippen molar-refractivity contribution in [1.29, 1.82) is 0 Å². The third-order valence-corrected chi connectivity index (χ3v) is 16.0. The molecule has 36 nitrogen and oxygen atoms in total. The number of hydrogen-bond acceptors (Lipinski definition) is 22. The molecule has 1 aliphatic rings. The van der Waals surface area contributed by atoms with E-state index in [1.54, 1.807) is 59.1 Å². The minimum atomic E-state index is -5.08. The normalized spacial score (nSPS) is 22.7. The van der Waals surface area contributed by atoms with E-state index in [9.17, 15) is 99.5 Å². The van der Waals surface area contributed by atoms with Gasteiger partial charge < -0.3 is 111 Å². The Morgan fingerprint density at radius 3 is 1.64 bits per heavy atom. The predicted molar refractivity (Wildman–Crippen MR) is 357 cm³/mol. The number of aliphatic carboxylic acids is 2. The SMILES string of the molecule is CC[C@H](C)C1NC(=O)[C@@H](CCCN=C(N)N)NC(=O)[C@H](CC(C)C)NC(=O)[C@H]([C@H](O)C(C)C)NC(=O)[C@@H](NC(=O)[C@H](CC(C)C)NC(=O)[C@H](N)c2cccs2)[C@@H](c2ccccc2)OC(=O)[C@H](CO)NC(=O)[C@H]([C@H](O)C(N)=O)NC(=O)CNC(=O)C([C@H](C)O)NC1=O.O=C(O)C(F)(F)F.O=C(O)C(F)(F)F. The zero-order valence-corrected chi connectivity index (χ0v) is 59.2. The number of hydrogen-bond donors (Lipinski definition) is 20. The summed E-state index contributed by atoms with van der Waals surface area (Å²) in [7, 11) is 0. The van der Waals surface area contributed by atoms with Gasteiger partial charge in [-0.2, -0.15) is 26.3 Å². The molecular formula is C62H93F6N15O21S. The molecule has 0 aliphatic carbocycles. The first-order valence-corrected chi connectivity index (χ1v) is 33.1. The third kappa shape index (κ3) is 32.4. The van der Waals surface area contributed by atoms with Gasteiger partial charge in [-0.1, -0.05) is 98.2 Å². The predicted octanol–water partition coefficient (Wildman–Crippen LogP) is -3.78. The van der Waals surface area contributed by atoms with Gasteiger partial charge in [0.2, 0.25) is 65.0 Å². The Morgan fingerprint density at radius 2 is 1.16 bits per heavy atom. The summed E-state index contributed by atoms with van der Waals surface area (Å²) in [6, 6.07) is -7.77. The Labute approximate surface area is 601 Å². The average Bonchev–Trinajstić information content (AvgIpc) is 1.58. The Kier molecular flexibility index (Phi) is 39.1. The quantitative estimate of drug-likeness (QED) is 0.0177. The van der Waals surface area contributed by atoms with Gasteiger partial charge in [0.05, 0.1) is 25.4 Å². The number of carboxylic acids is 2. The Balaban J connectivity index is 0.00000355. The molecule has 1 saturated heterocycles. The number of nitrogens with zero attached hydrogens (tertiary/aromatic N) is 1. The smallest absolute Gasteiger partial charge is 0.475 e. The monoisotopic (exact) mass is 1530 g/mol. The van der Waals surface area contributed by atoms with Crippen LogP contribution < -0.4 is 76.1 Å². The van der Waals surface area contributed by atoms with Crippen molar-refractivity contribution in [3.63, 3.8) is 0 Å². The number of aliphatic hydroxyl groups is 4. The molecule has 43 heteroatoms. The number of carbonyl (C=O) groups excluding carboxylic acids is 12. The topological polar surface area (TPSA) is 606 Å². The molecule has 105 heavy (non-hydrogen) atoms. The largest absolute Gasteiger partial charge is 0.490 e. The summed E-state index contributed by atoms with van der Waals surface area (Å²) in [5.41, 5.74) is 22.6. The molecule has 3 rings (SSSR count). The molecular weight excluding hydrogens is 1440 g/mol. The van der Waals surface area contributed by atoms with Gasteiger partial charge in [-0.25, -0.2) is 14.4 Å². The molecule has 1 aliphatic heterocycles. The maximum Gasteiger partial charge on any atom is 0.490 e. The van der Waals surface area contributed by atoms with Crippen LogP contribution >= 0.6 is 11.3 Å². The lowest BCUT2D eigenvalue weighted by Crippen LogP contribution is -2.64. The minimum absolute atomic E-state index is 0.0437. The van der Waals surface area contributed by atoms with Crippen LogP contribution in [-0.4, -0.2) is 224 Å². The second-order valence-electron chi connectivity index (χ2n) is 24.9. The van der Waals surface area contributed by atoms with Gasteiger partial charge in [-0.3, -0.25) is 57.7 Å². The van der Waals surface area contributed by atoms with Crippen molar-refractivity contribution in [2.24, 2.45) is 51.6 Å². The first kappa shape index (κ1) is 93.2. The summed E-state index contributed by atoms with van der Waals surface area (Å²) in [5.74, 6) is -22.8. The molecule has 0 saturated carbocycles. The summed E-state index contributed by atoms with van der Waals surface area (Å²) in [6.07, 6.45) is -18.5. The number of guanidine groups is 1. The number of alkyl halides is 6. The molecule has 0 radical (unpaired) electrons. The van der Waals surface area contributed by atoms with Crippen molar-refractivity contribution in [3.05, 3.63) is 58.3 Å². The number of nitrogens with one attached hydrogen (secondary N) is 10. The van der Waals surface area contributed by atoms with E-state index in [0.717, 1.165) is 18.3 Å². The van der Waals surface area contributed by atoms with E-state index in [1.165, 1.54) is 44.2 Å². The van der Waals surface area contributed by atoms with E-state index < -0.39 is 205 Å². The minimum Gasteiger partial charge on any atom is -0.475 e. The maximum absolute atomic E-state index is 15.4. The highest BCUT2D eigenvalue weighted by atomic mass is 32.1. The van der Waals surface area contributed by atoms with Gasteiger partial charge in [0.15, 0.2) is 24.2 Å². The summed E-state index contributed by atoms with van der Waals surface area (Å²) in [4.78, 5) is 192. The van der Waals surface area contributed by atoms with Gasteiger partial charge in [0.1, 0.15) is 54.4 Å². The number of carboxylic acid groups (broad SMARTS) is 2. The Morgan fingerprint density at radius 1 is 0.648 bits per heavy atom. The van der Waals surface area contributed by atoms with E-state index >= 15 is 4.79 Å². The number of carbonyl (C=O) groups is 14. The number of thiophene rings is 1. The van der Waals surface area contributed by atoms with Gasteiger partial charge in [-0.05, 0) is 73.3 Å². The standard InChI is InChI=1S/C58H91N15O17S.2C2HF3O2/c1-10-29(8)39-53(85)71-40(30(9)75)52(84)64-24-37(76)69-42(45(78)47(60)79)55(87)68-35(25-74)57(89)90-46(31-16-12-11-13-17-31)43(73-50(82)34(23-27(4)5)66-51(83)38(59)36-19-15-21-91-36)56(88)72-41(44(77)28(6)7)54(86)67-33(22-26(2)3)49(81)65-32(48(80)70-39)18-14-20-63-58(61)62;2*3-2(4,5)1(6)7/h11-13,15-17,19,21,26-30,32-35,38-46,74-75,77-78H,10,14,18,20,22-25,59H2,1-9H3,(H2,60,79)(H,64,84)(H,65,81)(H,66,83)(H,67,86)(H,68,87)(H,69,76)(H,70,80)(H,71,85)(H,72,88)(H,73,82)(H4,61,62,63);2*(H,6,7)/t29-,30-,32+,33-,34-,35-,38+,39?,40?,41-,42-,43-,44+,45-,46+;;/m0../s1. The van der Waals surface area contributed by atoms with E-state index in [-0.39, 0.29) is 62.0 Å². The van der Waals surface area contributed by atoms with E-state index in [2.05, 4.69) is 47.5 Å². The summed E-state index contributed by atoms with van der Waals surface area (Å²) < 4.78 is 69.4. The lowest BCUT2D eigenvalue weighted by molar-refractivity contribution is -0.193. The molecule has 15 atom stereocenters. The van der Waals surface area contributed by atoms with Crippen LogP contribution in [0, 0.1) is 23.7 Å². The first-order valence-electron chi connectivity index (χ1n) is 32.3. The van der Waals surface area contributed by atoms with Crippen LogP contribution in [0.4, 0.5) is 26.3 Å². The maximum atomic E-state index is 15.4. The van der Waals surface area contributed by atoms with E-state index in [1.807, 2.05) is 10.6 Å². The van der Waals surface area contributed by atoms with Crippen molar-refractivity contribution in [2.75, 3.05) is 19.7 Å². The third-order valence-electron chi connectivity index (χ3n) is 15.0. The highest BCUT2D eigenvalue weighted by molar-refractivity contribution is 7.10. The van der Waals surface area contributed by atoms with Crippen LogP contribution in [-0.2, 0) is 71.9 Å². The van der Waals surface area contributed by atoms with Gasteiger partial charge in [0, 0.05) is 11.4 Å². The summed E-state index contributed by atoms with van der Waals surface area (Å²) in [6.45, 7) is 11.7. The van der Waals surface area contributed by atoms with Crippen molar-refractivity contribution in [1.82, 2.24) is 53.2 Å². The molecule has 1 aromatic heterocycles. The molecule has 0 bridgehead atoms. The van der Waals surface area contributed by atoms with Crippen LogP contribution in [0.3, 0.4) is 0 Å². The summed E-state index contributed by atoms with van der Waals surface area (Å²) in [5, 5.41) is 84.0. The lowest BCUT2D eigenvalue weighted by atomic mass is 9.95. The van der Waals surface area contributed by atoms with Crippen molar-refractivity contribution < 1.29 is 129 Å². The average molecular weight is 1530 g/mol. The number of aliphatic hydroxyl groups excluding tert-OH is 4. The molecule has 0 spiro atoms. The van der Waals surface area contributed by atoms with Gasteiger partial charge >= 0.3 is 30.3 Å². The zero-order chi connectivity index (χ0) is 80.7. The molecule has 11 amide bonds. The molecule has 2 unspecified atom stereocenters. The van der Waals surface area contributed by atoms with Crippen molar-refractivity contribution in [3.8, 4) is 0 Å². The Bertz CT molecular complexity index is 3270. The molecule has 1 fully saturated rings. The first-order chi connectivity index (χ1) is 48.6. The second-order valence-corrected chi connectivity index (χ2v) is 25.9. The number of aliphatic imine (C=N–C) groups is 1. The van der Waals surface area contributed by atoms with Crippen LogP contribution in [0.2, 0.25) is 0 Å². The number of cyclic esters (lactones) is 1. The molecule has 1 aromatic carbocycles. The zero-order valence-electron chi connectivity index (χ0n) is 58.4. The van der Waals surface area contributed by atoms with E-state index in [0.29, 0.717) is 4.88 Å². The van der Waals surface area contributed by atoms with Gasteiger partial charge in [0.25, 0.3) is 0 Å². The number of ether oxygens (including phenoxy) is 1. The number of amides is 11. The number of benzene rings is 1. The number of nitrogens with two attached hydrogens (primary N) is 4. The van der Waals surface area contributed by atoms with Crippen molar-refractivity contribution in [2.45, 2.75) is 192 Å². The van der Waals surface area contributed by atoms with Crippen molar-refractivity contribution >= 4 is 100 Å². The Hall–Kier alpha value is -9.85. The van der Waals surface area contributed by atoms with E-state index in [4.69, 9.17) is 47.5 Å². The van der Waals surface area contributed by atoms with Crippen LogP contribution in [0.5, 0.6) is 0 Å². The molecule has 24 N–H and O–H groups in total. The highest BCUT2D eigenvalue weighted by Crippen LogP contribution is 2.26. The fourth-order valence-electron chi connectivity index (χ4n) is 9.21. The summed E-state index contributed by atoms with van der Waals surface area (Å²) >= 11 is 1.16.